The van der Waals surface area contributed by atoms with Crippen molar-refractivity contribution in [3.05, 3.63) is 41.7 Å². The van der Waals surface area contributed by atoms with Crippen LogP contribution in [0.1, 0.15) is 28.9 Å². The summed E-state index contributed by atoms with van der Waals surface area (Å²) in [5, 5.41) is 20.0. The van der Waals surface area contributed by atoms with E-state index in [1.165, 1.54) is 10.9 Å². The summed E-state index contributed by atoms with van der Waals surface area (Å²) in [7, 11) is 0. The molecule has 1 aliphatic rings. The van der Waals surface area contributed by atoms with Crippen LogP contribution in [0.15, 0.2) is 30.5 Å². The maximum absolute atomic E-state index is 12.3. The molecule has 2 N–H and O–H groups in total. The maximum atomic E-state index is 12.3. The van der Waals surface area contributed by atoms with Crippen LogP contribution in [0.2, 0.25) is 0 Å². The zero-order valence-electron chi connectivity index (χ0n) is 14.6. The number of amides is 1. The van der Waals surface area contributed by atoms with E-state index >= 15 is 0 Å². The second-order valence-electron chi connectivity index (χ2n) is 6.49. The van der Waals surface area contributed by atoms with Crippen LogP contribution in [0.25, 0.3) is 5.69 Å². The third-order valence-electron chi connectivity index (χ3n) is 4.66. The topological polar surface area (TPSA) is 106 Å². The summed E-state index contributed by atoms with van der Waals surface area (Å²) < 4.78 is 6.79. The first kappa shape index (κ1) is 18.1. The van der Waals surface area contributed by atoms with Crippen LogP contribution in [0.4, 0.5) is 0 Å². The Bertz CT molecular complexity index is 766. The van der Waals surface area contributed by atoms with Gasteiger partial charge in [0.05, 0.1) is 17.8 Å². The van der Waals surface area contributed by atoms with E-state index in [1.807, 2.05) is 31.2 Å². The Morgan fingerprint density at radius 2 is 2.00 bits per heavy atom. The molecule has 0 radical (unpaired) electrons. The number of rotatable bonds is 6. The van der Waals surface area contributed by atoms with Crippen molar-refractivity contribution in [2.75, 3.05) is 19.8 Å². The first-order valence-electron chi connectivity index (χ1n) is 8.62. The number of hydrogen-bond donors (Lipinski definition) is 2. The predicted octanol–water partition coefficient (Wildman–Crippen LogP) is 1.43. The largest absolute Gasteiger partial charge is 0.481 e. The van der Waals surface area contributed by atoms with Crippen LogP contribution in [0.3, 0.4) is 0 Å². The number of aryl methyl sites for hydroxylation is 1. The van der Waals surface area contributed by atoms with E-state index in [9.17, 15) is 14.7 Å². The molecule has 1 aromatic heterocycles. The SMILES string of the molecule is Cc1ccc(-n2cc(C(=O)NCC(C(=O)O)C3CCOCC3)nn2)cc1. The summed E-state index contributed by atoms with van der Waals surface area (Å²) in [6.45, 7) is 3.18. The molecule has 0 aliphatic carbocycles. The lowest BCUT2D eigenvalue weighted by atomic mass is 9.86. The van der Waals surface area contributed by atoms with Crippen LogP contribution in [0.5, 0.6) is 0 Å². The minimum Gasteiger partial charge on any atom is -0.481 e. The number of carboxylic acid groups (broad SMARTS) is 1. The highest BCUT2D eigenvalue weighted by Gasteiger charge is 2.30. The van der Waals surface area contributed by atoms with Gasteiger partial charge in [0, 0.05) is 19.8 Å². The van der Waals surface area contributed by atoms with Crippen molar-refractivity contribution in [2.24, 2.45) is 11.8 Å². The molecule has 1 aliphatic heterocycles. The molecule has 3 rings (SSSR count). The molecule has 1 saturated heterocycles. The van der Waals surface area contributed by atoms with E-state index in [2.05, 4.69) is 15.6 Å². The average Bonchev–Trinajstić information content (AvgIpc) is 3.13. The van der Waals surface area contributed by atoms with Crippen LogP contribution in [0, 0.1) is 18.8 Å². The van der Waals surface area contributed by atoms with E-state index in [-0.39, 0.29) is 18.2 Å². The van der Waals surface area contributed by atoms with Gasteiger partial charge in [-0.25, -0.2) is 4.68 Å². The Hall–Kier alpha value is -2.74. The van der Waals surface area contributed by atoms with Crippen molar-refractivity contribution < 1.29 is 19.4 Å². The number of benzene rings is 1. The van der Waals surface area contributed by atoms with Crippen molar-refractivity contribution in [3.63, 3.8) is 0 Å². The van der Waals surface area contributed by atoms with Crippen molar-refractivity contribution in [1.82, 2.24) is 20.3 Å². The summed E-state index contributed by atoms with van der Waals surface area (Å²) in [6.07, 6.45) is 2.91. The Balaban J connectivity index is 1.62. The molecule has 1 unspecified atom stereocenters. The van der Waals surface area contributed by atoms with Gasteiger partial charge in [0.2, 0.25) is 0 Å². The number of carboxylic acids is 1. The lowest BCUT2D eigenvalue weighted by Crippen LogP contribution is -2.39. The molecule has 0 bridgehead atoms. The molecule has 8 nitrogen and oxygen atoms in total. The van der Waals surface area contributed by atoms with Gasteiger partial charge in [0.15, 0.2) is 5.69 Å². The number of nitrogens with one attached hydrogen (secondary N) is 1. The Morgan fingerprint density at radius 3 is 2.65 bits per heavy atom. The molecule has 26 heavy (non-hydrogen) atoms. The second-order valence-corrected chi connectivity index (χ2v) is 6.49. The average molecular weight is 358 g/mol. The summed E-state index contributed by atoms with van der Waals surface area (Å²) in [4.78, 5) is 23.8. The molecule has 0 spiro atoms. The zero-order valence-corrected chi connectivity index (χ0v) is 14.6. The molecule has 2 heterocycles. The van der Waals surface area contributed by atoms with E-state index in [1.54, 1.807) is 0 Å². The molecule has 138 valence electrons. The van der Waals surface area contributed by atoms with Gasteiger partial charge in [-0.05, 0) is 37.8 Å². The fraction of sp³-hybridized carbons (Fsp3) is 0.444. The lowest BCUT2D eigenvalue weighted by Gasteiger charge is -2.27. The van der Waals surface area contributed by atoms with Crippen LogP contribution < -0.4 is 5.32 Å². The molecule has 1 atom stereocenters. The number of aliphatic carboxylic acids is 1. The first-order valence-corrected chi connectivity index (χ1v) is 8.62. The molecule has 1 aromatic carbocycles. The third kappa shape index (κ3) is 4.26. The third-order valence-corrected chi connectivity index (χ3v) is 4.66. The number of ether oxygens (including phenoxy) is 1. The highest BCUT2D eigenvalue weighted by molar-refractivity contribution is 5.92. The number of aromatic nitrogens is 3. The number of nitrogens with zero attached hydrogens (tertiary/aromatic N) is 3. The second kappa shape index (κ2) is 8.09. The minimum atomic E-state index is -0.902. The Morgan fingerprint density at radius 1 is 1.31 bits per heavy atom. The van der Waals surface area contributed by atoms with Crippen LogP contribution in [-0.2, 0) is 9.53 Å². The Kier molecular flexibility index (Phi) is 5.62. The lowest BCUT2D eigenvalue weighted by molar-refractivity contribution is -0.144. The summed E-state index contributed by atoms with van der Waals surface area (Å²) in [6, 6.07) is 7.67. The standard InChI is InChI=1S/C18H22N4O4/c1-12-2-4-14(5-3-12)22-11-16(20-21-22)17(23)19-10-15(18(24)25)13-6-8-26-9-7-13/h2-5,11,13,15H,6-10H2,1H3,(H,19,23)(H,24,25). The van der Waals surface area contributed by atoms with Crippen molar-refractivity contribution >= 4 is 11.9 Å². The van der Waals surface area contributed by atoms with Gasteiger partial charge in [-0.15, -0.1) is 5.10 Å². The quantitative estimate of drug-likeness (QED) is 0.809. The van der Waals surface area contributed by atoms with Crippen molar-refractivity contribution in [2.45, 2.75) is 19.8 Å². The number of carbonyl (C=O) groups is 2. The summed E-state index contributed by atoms with van der Waals surface area (Å²) in [5.74, 6) is -1.96. The molecular weight excluding hydrogens is 336 g/mol. The van der Waals surface area contributed by atoms with Gasteiger partial charge < -0.3 is 15.2 Å². The highest BCUT2D eigenvalue weighted by atomic mass is 16.5. The van der Waals surface area contributed by atoms with Crippen molar-refractivity contribution in [3.8, 4) is 5.69 Å². The fourth-order valence-electron chi connectivity index (χ4n) is 3.06. The summed E-state index contributed by atoms with van der Waals surface area (Å²) in [5.41, 5.74) is 2.08. The predicted molar refractivity (Wildman–Crippen MR) is 93.1 cm³/mol. The molecule has 8 heteroatoms. The van der Waals surface area contributed by atoms with Crippen LogP contribution in [-0.4, -0.2) is 51.7 Å². The number of hydrogen-bond acceptors (Lipinski definition) is 5. The maximum Gasteiger partial charge on any atom is 0.308 e. The van der Waals surface area contributed by atoms with E-state index < -0.39 is 17.8 Å². The number of carbonyl (C=O) groups excluding carboxylic acids is 1. The van der Waals surface area contributed by atoms with Gasteiger partial charge in [-0.3, -0.25) is 9.59 Å². The van der Waals surface area contributed by atoms with Crippen molar-refractivity contribution in [1.29, 1.82) is 0 Å². The molecule has 2 aromatic rings. The molecule has 1 amide bonds. The Labute approximate surface area is 151 Å². The first-order chi connectivity index (χ1) is 12.5. The van der Waals surface area contributed by atoms with E-state index in [0.29, 0.717) is 26.1 Å². The van der Waals surface area contributed by atoms with Gasteiger partial charge in [0.1, 0.15) is 0 Å². The fourth-order valence-corrected chi connectivity index (χ4v) is 3.06. The smallest absolute Gasteiger partial charge is 0.308 e. The monoisotopic (exact) mass is 358 g/mol. The van der Waals surface area contributed by atoms with Gasteiger partial charge in [-0.2, -0.15) is 0 Å². The zero-order chi connectivity index (χ0) is 18.5. The molecular formula is C18H22N4O4. The van der Waals surface area contributed by atoms with Gasteiger partial charge in [-0.1, -0.05) is 22.9 Å². The highest BCUT2D eigenvalue weighted by Crippen LogP contribution is 2.23. The van der Waals surface area contributed by atoms with Gasteiger partial charge in [0.25, 0.3) is 5.91 Å². The van der Waals surface area contributed by atoms with E-state index in [0.717, 1.165) is 11.3 Å². The molecule has 0 saturated carbocycles. The van der Waals surface area contributed by atoms with Crippen LogP contribution >= 0.6 is 0 Å². The summed E-state index contributed by atoms with van der Waals surface area (Å²) >= 11 is 0. The minimum absolute atomic E-state index is 0.00444. The normalized spacial score (nSPS) is 16.2. The van der Waals surface area contributed by atoms with E-state index in [4.69, 9.17) is 4.74 Å². The van der Waals surface area contributed by atoms with Gasteiger partial charge >= 0.3 is 5.97 Å². The molecule has 1 fully saturated rings.